The van der Waals surface area contributed by atoms with Gasteiger partial charge in [-0.2, -0.15) is 0 Å². The van der Waals surface area contributed by atoms with Crippen molar-refractivity contribution in [3.8, 4) is 0 Å². The van der Waals surface area contributed by atoms with Gasteiger partial charge in [0.1, 0.15) is 0 Å². The number of benzene rings is 2. The molecule has 0 amide bonds. The molecular formula is C18H18. The first-order chi connectivity index (χ1) is 8.74. The first-order valence-corrected chi connectivity index (χ1v) is 6.95. The van der Waals surface area contributed by atoms with Gasteiger partial charge >= 0.3 is 0 Å². The van der Waals surface area contributed by atoms with Crippen LogP contribution in [0.4, 0.5) is 0 Å². The number of aryl methyl sites for hydroxylation is 2. The van der Waals surface area contributed by atoms with E-state index >= 15 is 0 Å². The topological polar surface area (TPSA) is 0 Å². The Kier molecular flexibility index (Phi) is 2.00. The van der Waals surface area contributed by atoms with Crippen LogP contribution < -0.4 is 0 Å². The Bertz CT molecular complexity index is 583. The van der Waals surface area contributed by atoms with Gasteiger partial charge in [0.2, 0.25) is 0 Å². The van der Waals surface area contributed by atoms with Crippen molar-refractivity contribution >= 4 is 0 Å². The Balaban J connectivity index is 2.00. The molecule has 0 spiro atoms. The SMILES string of the molecule is Cc1ccc2c(c1)C1CCC2c2ccc(C)cc21. The second-order valence-corrected chi connectivity index (χ2v) is 5.95. The van der Waals surface area contributed by atoms with Gasteiger partial charge in [-0.1, -0.05) is 47.5 Å². The van der Waals surface area contributed by atoms with Gasteiger partial charge in [-0.05, 0) is 48.9 Å². The van der Waals surface area contributed by atoms with E-state index in [1.165, 1.54) is 24.0 Å². The maximum atomic E-state index is 2.41. The fourth-order valence-corrected chi connectivity index (χ4v) is 3.92. The minimum Gasteiger partial charge on any atom is -0.0590 e. The lowest BCUT2D eigenvalue weighted by Crippen LogP contribution is -2.24. The highest BCUT2D eigenvalue weighted by Crippen LogP contribution is 2.52. The fraction of sp³-hybridized carbons (Fsp3) is 0.333. The molecule has 0 unspecified atom stereocenters. The van der Waals surface area contributed by atoms with E-state index in [9.17, 15) is 0 Å². The van der Waals surface area contributed by atoms with Gasteiger partial charge in [-0.25, -0.2) is 0 Å². The lowest BCUT2D eigenvalue weighted by atomic mass is 9.63. The first kappa shape index (κ1) is 10.4. The summed E-state index contributed by atoms with van der Waals surface area (Å²) in [4.78, 5) is 0. The molecule has 0 N–H and O–H groups in total. The number of hydrogen-bond donors (Lipinski definition) is 0. The van der Waals surface area contributed by atoms with Crippen LogP contribution in [0.1, 0.15) is 58.1 Å². The molecule has 2 aromatic rings. The number of hydrogen-bond acceptors (Lipinski definition) is 0. The summed E-state index contributed by atoms with van der Waals surface area (Å²) in [6, 6.07) is 14.1. The van der Waals surface area contributed by atoms with Crippen LogP contribution in [0.15, 0.2) is 36.4 Å². The van der Waals surface area contributed by atoms with Gasteiger partial charge in [-0.3, -0.25) is 0 Å². The molecule has 0 saturated carbocycles. The van der Waals surface area contributed by atoms with E-state index < -0.39 is 0 Å². The van der Waals surface area contributed by atoms with E-state index in [2.05, 4.69) is 50.2 Å². The summed E-state index contributed by atoms with van der Waals surface area (Å²) >= 11 is 0. The van der Waals surface area contributed by atoms with Crippen molar-refractivity contribution in [2.75, 3.05) is 0 Å². The standard InChI is InChI=1S/C18H18/c1-11-3-5-14-13-7-8-16(17(14)9-11)18-10-12(2)4-6-15(13)18/h3-6,9-10,13,16H,7-8H2,1-2H3. The highest BCUT2D eigenvalue weighted by Gasteiger charge is 2.36. The maximum Gasteiger partial charge on any atom is 0.00957 e. The molecule has 18 heavy (non-hydrogen) atoms. The lowest BCUT2D eigenvalue weighted by molar-refractivity contribution is 0.519. The van der Waals surface area contributed by atoms with Crippen LogP contribution in [-0.2, 0) is 0 Å². The Labute approximate surface area is 109 Å². The second-order valence-electron chi connectivity index (χ2n) is 5.95. The van der Waals surface area contributed by atoms with Crippen molar-refractivity contribution in [2.45, 2.75) is 38.5 Å². The second kappa shape index (κ2) is 3.47. The first-order valence-electron chi connectivity index (χ1n) is 6.95. The third-order valence-corrected chi connectivity index (χ3v) is 4.73. The Morgan fingerprint density at radius 2 is 1.11 bits per heavy atom. The molecule has 0 heteroatoms. The van der Waals surface area contributed by atoms with Crippen molar-refractivity contribution in [2.24, 2.45) is 0 Å². The van der Waals surface area contributed by atoms with Crippen molar-refractivity contribution in [1.29, 1.82) is 0 Å². The van der Waals surface area contributed by atoms with Crippen LogP contribution in [0, 0.1) is 13.8 Å². The molecule has 0 nitrogen and oxygen atoms in total. The van der Waals surface area contributed by atoms with E-state index in [0.717, 1.165) is 0 Å². The van der Waals surface area contributed by atoms with Gasteiger partial charge in [-0.15, -0.1) is 0 Å². The maximum absolute atomic E-state index is 2.41. The quantitative estimate of drug-likeness (QED) is 0.621. The molecule has 90 valence electrons. The van der Waals surface area contributed by atoms with Gasteiger partial charge in [0, 0.05) is 11.8 Å². The summed E-state index contributed by atoms with van der Waals surface area (Å²) in [6.07, 6.45) is 2.66. The van der Waals surface area contributed by atoms with Gasteiger partial charge in [0.25, 0.3) is 0 Å². The van der Waals surface area contributed by atoms with Crippen molar-refractivity contribution in [3.63, 3.8) is 0 Å². The van der Waals surface area contributed by atoms with E-state index in [1.807, 2.05) is 0 Å². The van der Waals surface area contributed by atoms with Gasteiger partial charge < -0.3 is 0 Å². The van der Waals surface area contributed by atoms with E-state index in [0.29, 0.717) is 11.8 Å². The third-order valence-electron chi connectivity index (χ3n) is 4.73. The van der Waals surface area contributed by atoms with Crippen LogP contribution in [0.25, 0.3) is 0 Å². The predicted molar refractivity (Wildman–Crippen MR) is 75.3 cm³/mol. The van der Waals surface area contributed by atoms with E-state index in [1.54, 1.807) is 22.3 Å². The molecule has 0 aromatic heterocycles. The molecule has 2 aromatic carbocycles. The molecule has 0 saturated heterocycles. The molecule has 0 heterocycles. The summed E-state index contributed by atoms with van der Waals surface area (Å²) in [6.45, 7) is 4.42. The Morgan fingerprint density at radius 1 is 0.667 bits per heavy atom. The zero-order valence-electron chi connectivity index (χ0n) is 11.0. The smallest absolute Gasteiger partial charge is 0.00957 e. The molecule has 0 fully saturated rings. The van der Waals surface area contributed by atoms with Gasteiger partial charge in [0.15, 0.2) is 0 Å². The van der Waals surface area contributed by atoms with Crippen LogP contribution in [0.2, 0.25) is 0 Å². The summed E-state index contributed by atoms with van der Waals surface area (Å²) in [7, 11) is 0. The third kappa shape index (κ3) is 1.26. The minimum atomic E-state index is 0.653. The van der Waals surface area contributed by atoms with Crippen LogP contribution in [-0.4, -0.2) is 0 Å². The normalized spacial score (nSPS) is 23.7. The van der Waals surface area contributed by atoms with E-state index in [-0.39, 0.29) is 0 Å². The molecule has 0 aliphatic heterocycles. The fourth-order valence-electron chi connectivity index (χ4n) is 3.92. The summed E-state index contributed by atoms with van der Waals surface area (Å²) in [5, 5.41) is 0. The Morgan fingerprint density at radius 3 is 1.61 bits per heavy atom. The van der Waals surface area contributed by atoms with Gasteiger partial charge in [0.05, 0.1) is 0 Å². The Hall–Kier alpha value is -1.56. The average Bonchev–Trinajstić information content (AvgIpc) is 2.38. The largest absolute Gasteiger partial charge is 0.0590 e. The average molecular weight is 234 g/mol. The summed E-state index contributed by atoms with van der Waals surface area (Å²) in [5.74, 6) is 1.31. The van der Waals surface area contributed by atoms with Crippen molar-refractivity contribution < 1.29 is 0 Å². The molecule has 0 radical (unpaired) electrons. The molecule has 2 bridgehead atoms. The zero-order valence-corrected chi connectivity index (χ0v) is 11.0. The monoisotopic (exact) mass is 234 g/mol. The molecule has 3 aliphatic rings. The molecule has 0 atom stereocenters. The van der Waals surface area contributed by atoms with Crippen molar-refractivity contribution in [1.82, 2.24) is 0 Å². The minimum absolute atomic E-state index is 0.653. The zero-order chi connectivity index (χ0) is 12.3. The van der Waals surface area contributed by atoms with E-state index in [4.69, 9.17) is 0 Å². The predicted octanol–water partition coefficient (Wildman–Crippen LogP) is 4.67. The van der Waals surface area contributed by atoms with Crippen LogP contribution in [0.5, 0.6) is 0 Å². The molecule has 5 rings (SSSR count). The summed E-state index contributed by atoms with van der Waals surface area (Å²) < 4.78 is 0. The van der Waals surface area contributed by atoms with Crippen LogP contribution in [0.3, 0.4) is 0 Å². The highest BCUT2D eigenvalue weighted by atomic mass is 14.4. The van der Waals surface area contributed by atoms with Crippen LogP contribution >= 0.6 is 0 Å². The highest BCUT2D eigenvalue weighted by molar-refractivity contribution is 5.56. The van der Waals surface area contributed by atoms with Crippen molar-refractivity contribution in [3.05, 3.63) is 69.8 Å². The number of fused-ring (bicyclic) bond motifs is 1. The molecule has 3 aliphatic carbocycles. The lowest BCUT2D eigenvalue weighted by Gasteiger charge is -2.40. The summed E-state index contributed by atoms with van der Waals surface area (Å²) in [5.41, 5.74) is 9.18. The molecular weight excluding hydrogens is 216 g/mol. The number of rotatable bonds is 0.